The van der Waals surface area contributed by atoms with E-state index in [9.17, 15) is 18.0 Å². The van der Waals surface area contributed by atoms with Crippen molar-refractivity contribution in [2.24, 2.45) is 0 Å². The Kier molecular flexibility index (Phi) is 6.77. The summed E-state index contributed by atoms with van der Waals surface area (Å²) in [4.78, 5) is 18.7. The molecule has 1 N–H and O–H groups in total. The van der Waals surface area contributed by atoms with E-state index < -0.39 is 19.2 Å². The van der Waals surface area contributed by atoms with Crippen molar-refractivity contribution in [3.63, 3.8) is 0 Å². The molecule has 5 nitrogen and oxygen atoms in total. The van der Waals surface area contributed by atoms with Crippen LogP contribution < -0.4 is 10.1 Å². The van der Waals surface area contributed by atoms with Gasteiger partial charge in [0.05, 0.1) is 18.0 Å². The maximum absolute atomic E-state index is 12.1. The normalized spacial score (nSPS) is 11.9. The number of halogens is 3. The summed E-state index contributed by atoms with van der Waals surface area (Å²) in [6, 6.07) is 7.19. The lowest BCUT2D eigenvalue weighted by Gasteiger charge is -2.12. The lowest BCUT2D eigenvalue weighted by atomic mass is 10.1. The monoisotopic (exact) mass is 377 g/mol. The number of ether oxygens (including phenoxy) is 1. The summed E-state index contributed by atoms with van der Waals surface area (Å²) in [6.45, 7) is 2.82. The summed E-state index contributed by atoms with van der Waals surface area (Å²) in [5, 5.41) is 2.80. The Labute approximate surface area is 155 Å². The standard InChI is InChI=1S/C19H18F3N3O2/c1-13(25-14(2)26)17-7-5-15(6-8-17)3-4-16-11-23-18(24-12-16)27-10-9-19(20,21)22/h5-8,11-13H,9-10H2,1-2H3,(H,25,26)/t13-/m0/s1. The second-order valence-electron chi connectivity index (χ2n) is 5.76. The van der Waals surface area contributed by atoms with Crippen LogP contribution in [0.25, 0.3) is 0 Å². The highest BCUT2D eigenvalue weighted by molar-refractivity contribution is 5.73. The Balaban J connectivity index is 1.94. The number of hydrogen-bond acceptors (Lipinski definition) is 4. The molecule has 0 fully saturated rings. The number of alkyl halides is 3. The zero-order valence-electron chi connectivity index (χ0n) is 14.8. The molecular weight excluding hydrogens is 359 g/mol. The quantitative estimate of drug-likeness (QED) is 0.811. The van der Waals surface area contributed by atoms with Gasteiger partial charge in [0.15, 0.2) is 0 Å². The molecule has 0 saturated carbocycles. The van der Waals surface area contributed by atoms with E-state index in [1.54, 1.807) is 0 Å². The third kappa shape index (κ3) is 7.36. The Morgan fingerprint density at radius 2 is 1.74 bits per heavy atom. The molecule has 8 heteroatoms. The largest absolute Gasteiger partial charge is 0.463 e. The molecule has 1 aromatic heterocycles. The summed E-state index contributed by atoms with van der Waals surface area (Å²) in [7, 11) is 0. The zero-order valence-corrected chi connectivity index (χ0v) is 14.8. The molecule has 1 aromatic carbocycles. The van der Waals surface area contributed by atoms with Crippen LogP contribution in [0.3, 0.4) is 0 Å². The summed E-state index contributed by atoms with van der Waals surface area (Å²) in [5.74, 6) is 5.71. The second-order valence-corrected chi connectivity index (χ2v) is 5.76. The number of hydrogen-bond donors (Lipinski definition) is 1. The molecule has 1 amide bonds. The van der Waals surface area contributed by atoms with E-state index in [4.69, 9.17) is 4.74 Å². The van der Waals surface area contributed by atoms with Crippen molar-refractivity contribution in [3.8, 4) is 17.9 Å². The maximum atomic E-state index is 12.1. The average molecular weight is 377 g/mol. The molecule has 0 radical (unpaired) electrons. The molecule has 2 rings (SSSR count). The number of amides is 1. The topological polar surface area (TPSA) is 64.1 Å². The first-order chi connectivity index (χ1) is 12.7. The summed E-state index contributed by atoms with van der Waals surface area (Å²) in [5.41, 5.74) is 2.23. The molecule has 1 atom stereocenters. The van der Waals surface area contributed by atoms with Crippen LogP contribution in [-0.4, -0.2) is 28.7 Å². The highest BCUT2D eigenvalue weighted by atomic mass is 19.4. The van der Waals surface area contributed by atoms with Crippen molar-refractivity contribution in [2.45, 2.75) is 32.5 Å². The third-order valence-electron chi connectivity index (χ3n) is 3.43. The highest BCUT2D eigenvalue weighted by Crippen LogP contribution is 2.19. The van der Waals surface area contributed by atoms with Crippen LogP contribution in [0.4, 0.5) is 13.2 Å². The lowest BCUT2D eigenvalue weighted by Crippen LogP contribution is -2.23. The van der Waals surface area contributed by atoms with Gasteiger partial charge >= 0.3 is 12.2 Å². The van der Waals surface area contributed by atoms with Crippen LogP contribution in [0.1, 0.15) is 43.0 Å². The van der Waals surface area contributed by atoms with Gasteiger partial charge in [-0.1, -0.05) is 24.0 Å². The molecule has 0 aliphatic rings. The van der Waals surface area contributed by atoms with Crippen LogP contribution in [0.15, 0.2) is 36.7 Å². The fourth-order valence-corrected chi connectivity index (χ4v) is 2.10. The van der Waals surface area contributed by atoms with E-state index >= 15 is 0 Å². The predicted molar refractivity (Wildman–Crippen MR) is 92.9 cm³/mol. The van der Waals surface area contributed by atoms with Crippen molar-refractivity contribution < 1.29 is 22.7 Å². The van der Waals surface area contributed by atoms with Gasteiger partial charge in [-0.15, -0.1) is 0 Å². The van der Waals surface area contributed by atoms with Crippen molar-refractivity contribution in [1.82, 2.24) is 15.3 Å². The molecule has 0 unspecified atom stereocenters. The SMILES string of the molecule is CC(=O)N[C@@H](C)c1ccc(C#Cc2cnc(OCCC(F)(F)F)nc2)cc1. The van der Waals surface area contributed by atoms with Gasteiger partial charge in [-0.25, -0.2) is 9.97 Å². The number of aromatic nitrogens is 2. The maximum Gasteiger partial charge on any atom is 0.392 e. The Morgan fingerprint density at radius 3 is 2.30 bits per heavy atom. The van der Waals surface area contributed by atoms with Gasteiger partial charge in [0.1, 0.15) is 6.61 Å². The fraction of sp³-hybridized carbons (Fsp3) is 0.316. The van der Waals surface area contributed by atoms with Gasteiger partial charge in [0, 0.05) is 24.9 Å². The second kappa shape index (κ2) is 9.03. The number of carbonyl (C=O) groups excluding carboxylic acids is 1. The van der Waals surface area contributed by atoms with E-state index in [1.807, 2.05) is 31.2 Å². The average Bonchev–Trinajstić information content (AvgIpc) is 2.60. The predicted octanol–water partition coefficient (Wildman–Crippen LogP) is 3.40. The molecule has 0 bridgehead atoms. The molecule has 0 spiro atoms. The van der Waals surface area contributed by atoms with E-state index in [2.05, 4.69) is 27.1 Å². The number of nitrogens with zero attached hydrogens (tertiary/aromatic N) is 2. The number of nitrogens with one attached hydrogen (secondary N) is 1. The van der Waals surface area contributed by atoms with Crippen molar-refractivity contribution in [2.75, 3.05) is 6.61 Å². The van der Waals surface area contributed by atoms with Gasteiger partial charge in [-0.05, 0) is 24.6 Å². The van der Waals surface area contributed by atoms with Gasteiger partial charge in [-0.2, -0.15) is 13.2 Å². The molecule has 142 valence electrons. The first-order valence-corrected chi connectivity index (χ1v) is 8.13. The zero-order chi connectivity index (χ0) is 19.9. The molecule has 1 heterocycles. The van der Waals surface area contributed by atoms with Gasteiger partial charge < -0.3 is 10.1 Å². The Bertz CT molecular complexity index is 823. The van der Waals surface area contributed by atoms with Gasteiger partial charge in [0.25, 0.3) is 0 Å². The number of benzene rings is 1. The molecule has 0 saturated heterocycles. The van der Waals surface area contributed by atoms with Crippen LogP contribution in [0, 0.1) is 11.8 Å². The van der Waals surface area contributed by atoms with E-state index in [0.717, 1.165) is 11.1 Å². The first kappa shape index (κ1) is 20.2. The fourth-order valence-electron chi connectivity index (χ4n) is 2.10. The summed E-state index contributed by atoms with van der Waals surface area (Å²) >= 11 is 0. The minimum atomic E-state index is -4.28. The van der Waals surface area contributed by atoms with Crippen LogP contribution in [0.2, 0.25) is 0 Å². The first-order valence-electron chi connectivity index (χ1n) is 8.13. The molecule has 0 aliphatic carbocycles. The lowest BCUT2D eigenvalue weighted by molar-refractivity contribution is -0.139. The van der Waals surface area contributed by atoms with E-state index in [-0.39, 0.29) is 18.0 Å². The van der Waals surface area contributed by atoms with Crippen molar-refractivity contribution in [1.29, 1.82) is 0 Å². The van der Waals surface area contributed by atoms with Crippen LogP contribution in [-0.2, 0) is 4.79 Å². The molecule has 2 aromatic rings. The molecule has 0 aliphatic heterocycles. The van der Waals surface area contributed by atoms with Crippen LogP contribution >= 0.6 is 0 Å². The van der Waals surface area contributed by atoms with Crippen molar-refractivity contribution in [3.05, 3.63) is 53.3 Å². The van der Waals surface area contributed by atoms with E-state index in [1.165, 1.54) is 19.3 Å². The Morgan fingerprint density at radius 1 is 1.15 bits per heavy atom. The van der Waals surface area contributed by atoms with Crippen LogP contribution in [0.5, 0.6) is 6.01 Å². The summed E-state index contributed by atoms with van der Waals surface area (Å²) in [6.07, 6.45) is -2.57. The van der Waals surface area contributed by atoms with E-state index in [0.29, 0.717) is 5.56 Å². The van der Waals surface area contributed by atoms with Crippen molar-refractivity contribution >= 4 is 5.91 Å². The number of rotatable bonds is 5. The third-order valence-corrected chi connectivity index (χ3v) is 3.43. The number of carbonyl (C=O) groups is 1. The minimum Gasteiger partial charge on any atom is -0.463 e. The van der Waals surface area contributed by atoms with Gasteiger partial charge in [0.2, 0.25) is 5.91 Å². The minimum absolute atomic E-state index is 0.0946. The van der Waals surface area contributed by atoms with Gasteiger partial charge in [-0.3, -0.25) is 4.79 Å². The molecular formula is C19H18F3N3O2. The highest BCUT2D eigenvalue weighted by Gasteiger charge is 2.26. The molecule has 27 heavy (non-hydrogen) atoms. The Hall–Kier alpha value is -3.08. The summed E-state index contributed by atoms with van der Waals surface area (Å²) < 4.78 is 41.0. The smallest absolute Gasteiger partial charge is 0.392 e.